The summed E-state index contributed by atoms with van der Waals surface area (Å²) < 4.78 is 0. The first-order valence-corrected chi connectivity index (χ1v) is 0.928. The zero-order valence-electron chi connectivity index (χ0n) is 3.86. The summed E-state index contributed by atoms with van der Waals surface area (Å²) in [5.74, 6) is -0.833. The van der Waals surface area contributed by atoms with Crippen molar-refractivity contribution in [1.82, 2.24) is 0 Å². The van der Waals surface area contributed by atoms with Crippen LogP contribution in [0, 0.1) is 0 Å². The van der Waals surface area contributed by atoms with E-state index in [0.29, 0.717) is 0 Å². The molecule has 0 saturated heterocycles. The Hall–Kier alpha value is 0.921. The Morgan fingerprint density at radius 3 is 1.25 bits per heavy atom. The fourth-order valence-corrected chi connectivity index (χ4v) is 0. The van der Waals surface area contributed by atoms with Crippen molar-refractivity contribution in [1.29, 1.82) is 0 Å². The van der Waals surface area contributed by atoms with Gasteiger partial charge < -0.3 is 21.5 Å². The number of carboxylic acids is 1. The number of rotatable bonds is 0. The molecule has 52 valence electrons. The number of carboxylic acid groups (broad SMARTS) is 1. The average molecular weight is 253 g/mol. The Labute approximate surface area is 87.1 Å². The van der Waals surface area contributed by atoms with Crippen molar-refractivity contribution < 1.29 is 26.3 Å². The summed E-state index contributed by atoms with van der Waals surface area (Å²) in [6, 6.07) is 0. The third-order valence-corrected chi connectivity index (χ3v) is 0. The normalized spacial score (nSPS) is 3.12. The van der Waals surface area contributed by atoms with E-state index in [1.165, 1.54) is 0 Å². The van der Waals surface area contributed by atoms with Gasteiger partial charge in [0.1, 0.15) is 0 Å². The molecule has 0 unspecified atom stereocenters. The number of hydrogen-bond donors (Lipinski definition) is 1. The molecule has 0 aliphatic carbocycles. The molecule has 0 fully saturated rings. The monoisotopic (exact) mass is 254 g/mol. The molecule has 0 atom stereocenters. The molecular weight excluding hydrogens is 241 g/mol. The van der Waals surface area contributed by atoms with Crippen LogP contribution in [0.25, 0.3) is 0 Å². The molecule has 0 amide bonds. The van der Waals surface area contributed by atoms with E-state index < -0.39 is 5.97 Å². The van der Waals surface area contributed by atoms with E-state index in [1.807, 2.05) is 0 Å². The molecule has 0 rings (SSSR count). The van der Waals surface area contributed by atoms with Gasteiger partial charge in [0.15, 0.2) is 0 Å². The quantitative estimate of drug-likeness (QED) is 0.453. The minimum absolute atomic E-state index is 0. The molecule has 0 aromatic carbocycles. The molecule has 7 N–H and O–H groups in total. The van der Waals surface area contributed by atoms with E-state index in [1.54, 1.807) is 0 Å². The first-order chi connectivity index (χ1) is 1.73. The SMILES string of the molecule is CC(=O)O.O.O.O.[BaH2]. The van der Waals surface area contributed by atoms with E-state index in [4.69, 9.17) is 9.90 Å². The summed E-state index contributed by atoms with van der Waals surface area (Å²) in [6.45, 7) is 1.08. The van der Waals surface area contributed by atoms with Crippen molar-refractivity contribution in [3.63, 3.8) is 0 Å². The van der Waals surface area contributed by atoms with Crippen LogP contribution in [0.5, 0.6) is 0 Å². The predicted octanol–water partition coefficient (Wildman–Crippen LogP) is -3.30. The van der Waals surface area contributed by atoms with Crippen LogP contribution in [0.1, 0.15) is 6.92 Å². The topological polar surface area (TPSA) is 132 Å². The van der Waals surface area contributed by atoms with Crippen LogP contribution in [-0.2, 0) is 4.79 Å². The van der Waals surface area contributed by atoms with Crippen molar-refractivity contribution in [2.45, 2.75) is 6.92 Å². The molecule has 0 saturated carbocycles. The van der Waals surface area contributed by atoms with Crippen LogP contribution in [0.2, 0.25) is 0 Å². The fraction of sp³-hybridized carbons (Fsp3) is 0.500. The molecule has 0 aromatic rings. The van der Waals surface area contributed by atoms with E-state index in [2.05, 4.69) is 0 Å². The number of carbonyl (C=O) groups is 1. The number of hydrogen-bond acceptors (Lipinski definition) is 1. The number of aliphatic carboxylic acids is 1. The Morgan fingerprint density at radius 2 is 1.25 bits per heavy atom. The van der Waals surface area contributed by atoms with Crippen LogP contribution in [-0.4, -0.2) is 76.4 Å². The van der Waals surface area contributed by atoms with Crippen LogP contribution >= 0.6 is 0 Å². The van der Waals surface area contributed by atoms with Crippen molar-refractivity contribution in [2.24, 2.45) is 0 Å². The zero-order valence-corrected chi connectivity index (χ0v) is 3.86. The van der Waals surface area contributed by atoms with Gasteiger partial charge in [-0.2, -0.15) is 0 Å². The summed E-state index contributed by atoms with van der Waals surface area (Å²) in [7, 11) is 0. The summed E-state index contributed by atoms with van der Waals surface area (Å²) in [5.41, 5.74) is 0. The summed E-state index contributed by atoms with van der Waals surface area (Å²) >= 11 is 0. The third-order valence-electron chi connectivity index (χ3n) is 0. The molecule has 0 heterocycles. The second-order valence-electron chi connectivity index (χ2n) is 0.519. The first-order valence-electron chi connectivity index (χ1n) is 0.928. The molecule has 0 aromatic heterocycles. The molecule has 0 aliphatic rings. The molecule has 0 aliphatic heterocycles. The molecule has 0 spiro atoms. The van der Waals surface area contributed by atoms with Gasteiger partial charge in [0.05, 0.1) is 0 Å². The van der Waals surface area contributed by atoms with Gasteiger partial charge in [-0.05, 0) is 0 Å². The maximum atomic E-state index is 9.00. The fourth-order valence-electron chi connectivity index (χ4n) is 0. The third kappa shape index (κ3) is 286. The molecule has 5 nitrogen and oxygen atoms in total. The van der Waals surface area contributed by atoms with Crippen molar-refractivity contribution in [3.05, 3.63) is 0 Å². The Kier molecular flexibility index (Phi) is 112. The molecule has 6 heteroatoms. The molecular formula is C2H12BaO5. The van der Waals surface area contributed by atoms with Gasteiger partial charge in [-0.1, -0.05) is 0 Å². The van der Waals surface area contributed by atoms with E-state index in [-0.39, 0.29) is 65.3 Å². The van der Waals surface area contributed by atoms with Gasteiger partial charge in [0.25, 0.3) is 5.97 Å². The van der Waals surface area contributed by atoms with Crippen LogP contribution in [0.4, 0.5) is 0 Å². The first kappa shape index (κ1) is 36.4. The molecule has 0 radical (unpaired) electrons. The van der Waals surface area contributed by atoms with Gasteiger partial charge in [0, 0.05) is 6.92 Å². The molecule has 0 bridgehead atoms. The van der Waals surface area contributed by atoms with Crippen LogP contribution in [0.3, 0.4) is 0 Å². The Balaban J connectivity index is -0.00000000750. The second-order valence-corrected chi connectivity index (χ2v) is 0.519. The standard InChI is InChI=1S/C2H4O2.Ba.3H2O.2H/c1-2(3)4;;;;;;/h1H3,(H,3,4);;3*1H2;;. The van der Waals surface area contributed by atoms with E-state index >= 15 is 0 Å². The maximum absolute atomic E-state index is 9.00. The molecule has 8 heavy (non-hydrogen) atoms. The van der Waals surface area contributed by atoms with Gasteiger partial charge >= 0.3 is 48.9 Å². The average Bonchev–Trinajstić information content (AvgIpc) is 0.811. The minimum atomic E-state index is -0.833. The van der Waals surface area contributed by atoms with E-state index in [9.17, 15) is 0 Å². The van der Waals surface area contributed by atoms with Gasteiger partial charge in [0.2, 0.25) is 0 Å². The second kappa shape index (κ2) is 24.7. The Bertz CT molecular complexity index is 33.4. The summed E-state index contributed by atoms with van der Waals surface area (Å²) in [4.78, 5) is 9.00. The summed E-state index contributed by atoms with van der Waals surface area (Å²) in [5, 5.41) is 7.42. The Morgan fingerprint density at radius 1 is 1.25 bits per heavy atom. The summed E-state index contributed by atoms with van der Waals surface area (Å²) in [6.07, 6.45) is 0. The van der Waals surface area contributed by atoms with Gasteiger partial charge in [-0.15, -0.1) is 0 Å². The van der Waals surface area contributed by atoms with Crippen LogP contribution in [0.15, 0.2) is 0 Å². The van der Waals surface area contributed by atoms with Gasteiger partial charge in [-0.3, -0.25) is 4.79 Å². The van der Waals surface area contributed by atoms with Crippen molar-refractivity contribution in [3.8, 4) is 0 Å². The van der Waals surface area contributed by atoms with Crippen LogP contribution < -0.4 is 0 Å². The predicted molar refractivity (Wildman–Crippen MR) is 32.7 cm³/mol. The van der Waals surface area contributed by atoms with E-state index in [0.717, 1.165) is 6.92 Å². The van der Waals surface area contributed by atoms with Gasteiger partial charge in [-0.25, -0.2) is 0 Å². The van der Waals surface area contributed by atoms with Crippen molar-refractivity contribution in [2.75, 3.05) is 0 Å². The van der Waals surface area contributed by atoms with Crippen molar-refractivity contribution >= 4 is 54.9 Å². The zero-order chi connectivity index (χ0) is 3.58.